The van der Waals surface area contributed by atoms with Gasteiger partial charge in [-0.15, -0.1) is 0 Å². The van der Waals surface area contributed by atoms with Crippen molar-refractivity contribution in [2.75, 3.05) is 34.8 Å². The van der Waals surface area contributed by atoms with Gasteiger partial charge in [0.1, 0.15) is 17.4 Å². The number of aliphatic carboxylic acids is 1. The maximum absolute atomic E-state index is 13.5. The fourth-order valence-corrected chi connectivity index (χ4v) is 4.46. The van der Waals surface area contributed by atoms with Crippen LogP contribution in [0.2, 0.25) is 0 Å². The molecule has 2 atom stereocenters. The highest BCUT2D eigenvalue weighted by Gasteiger charge is 2.41. The number of carbonyl (C=O) groups excluding carboxylic acids is 3. The molecular weight excluding hydrogens is 574 g/mol. The number of hydrogen-bond donors (Lipinski definition) is 2. The van der Waals surface area contributed by atoms with Gasteiger partial charge in [0.25, 0.3) is 6.47 Å². The highest BCUT2D eigenvalue weighted by atomic mass is 16.5. The molecule has 2 unspecified atom stereocenters. The molecule has 0 saturated heterocycles. The molecular formula is C35H61N3O7. The van der Waals surface area contributed by atoms with Crippen LogP contribution >= 0.6 is 0 Å². The summed E-state index contributed by atoms with van der Waals surface area (Å²) in [7, 11) is 6.86. The summed E-state index contributed by atoms with van der Waals surface area (Å²) in [5.74, 6) is -1.05. The van der Waals surface area contributed by atoms with Crippen LogP contribution in [0, 0.1) is 5.92 Å². The Morgan fingerprint density at radius 2 is 1.53 bits per heavy atom. The number of carbonyl (C=O) groups is 4. The van der Waals surface area contributed by atoms with E-state index in [0.717, 1.165) is 5.56 Å². The number of para-hydroxylation sites is 1. The van der Waals surface area contributed by atoms with E-state index in [4.69, 9.17) is 9.84 Å². The maximum atomic E-state index is 13.5. The minimum atomic E-state index is -1.03. The summed E-state index contributed by atoms with van der Waals surface area (Å²) in [6, 6.07) is 6.26. The van der Waals surface area contributed by atoms with Gasteiger partial charge in [-0.2, -0.15) is 0 Å². The lowest BCUT2D eigenvalue weighted by atomic mass is 9.76. The number of carboxylic acids is 1. The summed E-state index contributed by atoms with van der Waals surface area (Å²) in [6.45, 7) is 19.6. The number of ether oxygens (including phenoxy) is 2. The fourth-order valence-electron chi connectivity index (χ4n) is 4.46. The van der Waals surface area contributed by atoms with Gasteiger partial charge in [-0.1, -0.05) is 85.1 Å². The Bertz CT molecular complexity index is 1070. The van der Waals surface area contributed by atoms with Crippen LogP contribution in [0.25, 0.3) is 0 Å². The molecule has 0 radical (unpaired) electrons. The largest absolute Gasteiger partial charge is 0.496 e. The van der Waals surface area contributed by atoms with Crippen molar-refractivity contribution in [3.63, 3.8) is 0 Å². The van der Waals surface area contributed by atoms with Gasteiger partial charge in [-0.25, -0.2) is 4.79 Å². The molecule has 1 aromatic carbocycles. The first-order valence-corrected chi connectivity index (χ1v) is 15.6. The van der Waals surface area contributed by atoms with E-state index in [-0.39, 0.29) is 35.5 Å². The average Bonchev–Trinajstić information content (AvgIpc) is 2.93. The molecule has 258 valence electrons. The van der Waals surface area contributed by atoms with E-state index in [2.05, 4.69) is 23.9 Å². The third-order valence-electron chi connectivity index (χ3n) is 6.97. The Morgan fingerprint density at radius 3 is 1.89 bits per heavy atom. The van der Waals surface area contributed by atoms with Crippen LogP contribution in [-0.4, -0.2) is 91.6 Å². The summed E-state index contributed by atoms with van der Waals surface area (Å²) in [4.78, 5) is 50.5. The van der Waals surface area contributed by atoms with Crippen molar-refractivity contribution in [3.8, 4) is 5.75 Å². The smallest absolute Gasteiger partial charge is 0.331 e. The zero-order valence-electron chi connectivity index (χ0n) is 30.3. The van der Waals surface area contributed by atoms with E-state index in [1.807, 2.05) is 91.7 Å². The molecule has 0 bridgehead atoms. The zero-order valence-corrected chi connectivity index (χ0v) is 30.3. The highest BCUT2D eigenvalue weighted by molar-refractivity contribution is 5.91. The molecule has 2 N–H and O–H groups in total. The van der Waals surface area contributed by atoms with Crippen molar-refractivity contribution in [1.29, 1.82) is 0 Å². The SMILES string of the molecule is CC(C)(C)OC=O.CCCCC.COc1ccccc1C(C)(C)C(C(=O)NC(C(=O)N(C)C/C=C(\C)C(=O)O)C(C)C)N(C)C. The van der Waals surface area contributed by atoms with Crippen LogP contribution in [0.4, 0.5) is 0 Å². The van der Waals surface area contributed by atoms with Crippen molar-refractivity contribution in [1.82, 2.24) is 15.1 Å². The standard InChI is InChI=1S/C25H39N3O5.C5H10O2.C5H12/c1-16(2)20(23(30)28(8)15-14-17(3)24(31)32)26-22(29)21(27(6)7)25(4,5)18-12-10-11-13-19(18)33-9;1-5(2,3)7-4-6;1-3-5-4-2/h10-14,16,20-21H,15H2,1-9H3,(H,26,29)(H,31,32);4H,1-3H3;3-5H2,1-2H3/b17-14+;;. The van der Waals surface area contributed by atoms with Crippen molar-refractivity contribution < 1.29 is 33.8 Å². The molecule has 2 amide bonds. The van der Waals surface area contributed by atoms with Crippen LogP contribution < -0.4 is 10.1 Å². The predicted molar refractivity (Wildman–Crippen MR) is 181 cm³/mol. The Morgan fingerprint density at radius 1 is 1.00 bits per heavy atom. The van der Waals surface area contributed by atoms with Crippen LogP contribution in [0.3, 0.4) is 0 Å². The molecule has 45 heavy (non-hydrogen) atoms. The molecule has 0 aliphatic heterocycles. The number of amides is 2. The van der Waals surface area contributed by atoms with E-state index in [0.29, 0.717) is 12.2 Å². The molecule has 10 heteroatoms. The number of rotatable bonds is 14. The summed E-state index contributed by atoms with van der Waals surface area (Å²) in [5, 5.41) is 12.0. The molecule has 0 aliphatic rings. The molecule has 0 spiro atoms. The summed E-state index contributed by atoms with van der Waals surface area (Å²) >= 11 is 0. The summed E-state index contributed by atoms with van der Waals surface area (Å²) in [5.41, 5.74) is 0.103. The first-order chi connectivity index (χ1) is 20.7. The number of nitrogens with one attached hydrogen (secondary N) is 1. The molecule has 0 heterocycles. The number of carboxylic acid groups (broad SMARTS) is 1. The number of unbranched alkanes of at least 4 members (excludes halogenated alkanes) is 2. The van der Waals surface area contributed by atoms with E-state index in [1.54, 1.807) is 14.2 Å². The first kappa shape index (κ1) is 43.7. The molecule has 0 aromatic heterocycles. The Labute approximate surface area is 272 Å². The topological polar surface area (TPSA) is 125 Å². The van der Waals surface area contributed by atoms with Gasteiger partial charge in [0.2, 0.25) is 11.8 Å². The van der Waals surface area contributed by atoms with Gasteiger partial charge >= 0.3 is 5.97 Å². The fraction of sp³-hybridized carbons (Fsp3) is 0.657. The summed E-state index contributed by atoms with van der Waals surface area (Å²) in [6.07, 6.45) is 5.56. The van der Waals surface area contributed by atoms with Crippen LogP contribution in [0.5, 0.6) is 5.75 Å². The number of likely N-dealkylation sites (N-methyl/N-ethyl adjacent to an activating group) is 2. The maximum Gasteiger partial charge on any atom is 0.331 e. The number of nitrogens with zero attached hydrogens (tertiary/aromatic N) is 2. The van der Waals surface area contributed by atoms with Gasteiger partial charge in [0, 0.05) is 30.1 Å². The van der Waals surface area contributed by atoms with Crippen molar-refractivity contribution in [2.45, 2.75) is 112 Å². The van der Waals surface area contributed by atoms with Gasteiger partial charge in [-0.05, 0) is 53.8 Å². The quantitative estimate of drug-likeness (QED) is 0.197. The second-order valence-electron chi connectivity index (χ2n) is 13.1. The lowest BCUT2D eigenvalue weighted by Crippen LogP contribution is -2.59. The van der Waals surface area contributed by atoms with Gasteiger partial charge in [-0.3, -0.25) is 19.3 Å². The third kappa shape index (κ3) is 16.5. The van der Waals surface area contributed by atoms with Gasteiger partial charge in [0.05, 0.1) is 13.2 Å². The van der Waals surface area contributed by atoms with Gasteiger partial charge in [0.15, 0.2) is 0 Å². The molecule has 10 nitrogen and oxygen atoms in total. The van der Waals surface area contributed by atoms with Crippen molar-refractivity contribution >= 4 is 24.3 Å². The van der Waals surface area contributed by atoms with Crippen molar-refractivity contribution in [3.05, 3.63) is 41.5 Å². The minimum absolute atomic E-state index is 0.139. The molecule has 1 rings (SSSR count). The molecule has 0 fully saturated rings. The van der Waals surface area contributed by atoms with E-state index >= 15 is 0 Å². The highest BCUT2D eigenvalue weighted by Crippen LogP contribution is 2.36. The minimum Gasteiger partial charge on any atom is -0.496 e. The van der Waals surface area contributed by atoms with E-state index in [1.165, 1.54) is 37.2 Å². The van der Waals surface area contributed by atoms with E-state index < -0.39 is 23.5 Å². The number of hydrogen-bond acceptors (Lipinski definition) is 7. The summed E-state index contributed by atoms with van der Waals surface area (Å²) < 4.78 is 10.1. The Balaban J connectivity index is 0. The van der Waals surface area contributed by atoms with Crippen LogP contribution in [-0.2, 0) is 29.3 Å². The number of benzene rings is 1. The second-order valence-corrected chi connectivity index (χ2v) is 13.1. The Hall–Kier alpha value is -3.40. The van der Waals surface area contributed by atoms with E-state index in [9.17, 15) is 19.2 Å². The second kappa shape index (κ2) is 21.4. The zero-order chi connectivity index (χ0) is 35.5. The normalized spacial score (nSPS) is 12.9. The predicted octanol–water partition coefficient (Wildman–Crippen LogP) is 5.69. The third-order valence-corrected chi connectivity index (χ3v) is 6.97. The molecule has 0 saturated carbocycles. The Kier molecular flexibility index (Phi) is 20.8. The van der Waals surface area contributed by atoms with Crippen molar-refractivity contribution in [2.24, 2.45) is 5.92 Å². The lowest BCUT2D eigenvalue weighted by Gasteiger charge is -2.39. The lowest BCUT2D eigenvalue weighted by molar-refractivity contribution is -0.138. The van der Waals surface area contributed by atoms with Crippen LogP contribution in [0.1, 0.15) is 94.1 Å². The first-order valence-electron chi connectivity index (χ1n) is 15.6. The molecule has 1 aromatic rings. The monoisotopic (exact) mass is 635 g/mol. The number of methoxy groups -OCH3 is 1. The van der Waals surface area contributed by atoms with Gasteiger partial charge < -0.3 is 24.8 Å². The average molecular weight is 636 g/mol. The molecule has 0 aliphatic carbocycles. The van der Waals surface area contributed by atoms with Crippen LogP contribution in [0.15, 0.2) is 35.9 Å².